The van der Waals surface area contributed by atoms with Gasteiger partial charge in [-0.15, -0.1) is 0 Å². The van der Waals surface area contributed by atoms with Crippen LogP contribution in [0.4, 0.5) is 4.39 Å². The highest BCUT2D eigenvalue weighted by molar-refractivity contribution is 6.31. The van der Waals surface area contributed by atoms with Crippen molar-refractivity contribution in [3.05, 3.63) is 34.3 Å². The van der Waals surface area contributed by atoms with E-state index >= 15 is 0 Å². The number of nitriles is 1. The molecular weight excluding hydrogens is 237 g/mol. The van der Waals surface area contributed by atoms with Gasteiger partial charge >= 0.3 is 0 Å². The molecule has 1 fully saturated rings. The highest BCUT2D eigenvalue weighted by Crippen LogP contribution is 2.40. The molecule has 0 N–H and O–H groups in total. The molecule has 0 radical (unpaired) electrons. The Kier molecular flexibility index (Phi) is 3.40. The highest BCUT2D eigenvalue weighted by Gasteiger charge is 2.37. The summed E-state index contributed by atoms with van der Waals surface area (Å²) in [6.45, 7) is 1.93. The van der Waals surface area contributed by atoms with Gasteiger partial charge in [-0.25, -0.2) is 4.39 Å². The summed E-state index contributed by atoms with van der Waals surface area (Å²) in [6.07, 6.45) is 1.36. The van der Waals surface area contributed by atoms with E-state index in [-0.39, 0.29) is 0 Å². The number of nitrogens with zero attached hydrogens (tertiary/aromatic N) is 1. The highest BCUT2D eigenvalue weighted by atomic mass is 35.5. The lowest BCUT2D eigenvalue weighted by Gasteiger charge is -2.32. The summed E-state index contributed by atoms with van der Waals surface area (Å²) in [5.41, 5.74) is 1.39. The Bertz CT molecular complexity index is 456. The molecule has 0 amide bonds. The van der Waals surface area contributed by atoms with Crippen LogP contribution in [-0.2, 0) is 5.41 Å². The van der Waals surface area contributed by atoms with E-state index < -0.39 is 11.6 Å². The average Bonchev–Trinajstić information content (AvgIpc) is 2.34. The molecule has 1 nitrogen and oxygen atoms in total. The lowest BCUT2D eigenvalue weighted by Crippen LogP contribution is -2.30. The van der Waals surface area contributed by atoms with Crippen LogP contribution in [0.3, 0.4) is 0 Å². The zero-order valence-corrected chi connectivity index (χ0v) is 10.6. The van der Waals surface area contributed by atoms with Crippen molar-refractivity contribution < 1.29 is 4.39 Å². The summed E-state index contributed by atoms with van der Waals surface area (Å²) in [7, 11) is 0. The Labute approximate surface area is 106 Å². The molecule has 90 valence electrons. The maximum atomic E-state index is 13.2. The third kappa shape index (κ3) is 2.30. The van der Waals surface area contributed by atoms with Gasteiger partial charge in [-0.05, 0) is 49.8 Å². The number of aryl methyl sites for hydroxylation is 1. The van der Waals surface area contributed by atoms with Gasteiger partial charge in [-0.3, -0.25) is 0 Å². The first kappa shape index (κ1) is 12.4. The van der Waals surface area contributed by atoms with Gasteiger partial charge in [0.2, 0.25) is 0 Å². The second-order valence-corrected chi connectivity index (χ2v) is 5.24. The second kappa shape index (κ2) is 4.66. The van der Waals surface area contributed by atoms with E-state index in [0.717, 1.165) is 11.1 Å². The van der Waals surface area contributed by atoms with Crippen LogP contribution < -0.4 is 0 Å². The first-order chi connectivity index (χ1) is 8.07. The molecule has 0 atom stereocenters. The van der Waals surface area contributed by atoms with Crippen molar-refractivity contribution in [2.75, 3.05) is 0 Å². The topological polar surface area (TPSA) is 23.8 Å². The third-order valence-corrected chi connectivity index (χ3v) is 4.11. The van der Waals surface area contributed by atoms with E-state index in [1.54, 1.807) is 0 Å². The van der Waals surface area contributed by atoms with Crippen molar-refractivity contribution in [2.24, 2.45) is 0 Å². The Morgan fingerprint density at radius 3 is 2.59 bits per heavy atom. The third-order valence-electron chi connectivity index (χ3n) is 3.71. The molecular formula is C14H15ClFN. The minimum absolute atomic E-state index is 0.471. The Balaban J connectivity index is 2.35. The van der Waals surface area contributed by atoms with E-state index in [1.807, 2.05) is 25.1 Å². The van der Waals surface area contributed by atoms with Crippen LogP contribution in [0.2, 0.25) is 5.02 Å². The van der Waals surface area contributed by atoms with E-state index in [1.165, 1.54) is 0 Å². The first-order valence-corrected chi connectivity index (χ1v) is 6.27. The van der Waals surface area contributed by atoms with Crippen molar-refractivity contribution >= 4 is 11.6 Å². The Hall–Kier alpha value is -1.07. The van der Waals surface area contributed by atoms with Crippen LogP contribution in [0, 0.1) is 18.3 Å². The fourth-order valence-electron chi connectivity index (χ4n) is 2.43. The standard InChI is InChI=1S/C14H15ClFN/c1-10-2-3-11(8-13(10)15)14(9-17)6-4-12(16)5-7-14/h2-3,8,12H,4-7H2,1H3/t12-,14+. The fraction of sp³-hybridized carbons (Fsp3) is 0.500. The summed E-state index contributed by atoms with van der Waals surface area (Å²) in [5.74, 6) is 0. The van der Waals surface area contributed by atoms with Crippen LogP contribution in [0.25, 0.3) is 0 Å². The molecule has 17 heavy (non-hydrogen) atoms. The second-order valence-electron chi connectivity index (χ2n) is 4.83. The van der Waals surface area contributed by atoms with Gasteiger partial charge in [0.25, 0.3) is 0 Å². The SMILES string of the molecule is Cc1ccc([C@]2(C#N)CC[C@H](F)CC2)cc1Cl. The monoisotopic (exact) mass is 251 g/mol. The van der Waals surface area contributed by atoms with E-state index in [2.05, 4.69) is 6.07 Å². The lowest BCUT2D eigenvalue weighted by molar-refractivity contribution is 0.209. The van der Waals surface area contributed by atoms with Crippen LogP contribution in [0.15, 0.2) is 18.2 Å². The molecule has 0 spiro atoms. The van der Waals surface area contributed by atoms with Crippen LogP contribution in [0.5, 0.6) is 0 Å². The molecule has 0 heterocycles. The molecule has 0 saturated heterocycles. The molecule has 1 saturated carbocycles. The zero-order chi connectivity index (χ0) is 12.5. The summed E-state index contributed by atoms with van der Waals surface area (Å²) in [6, 6.07) is 8.11. The number of hydrogen-bond acceptors (Lipinski definition) is 1. The van der Waals surface area contributed by atoms with Crippen molar-refractivity contribution in [2.45, 2.75) is 44.2 Å². The molecule has 0 bridgehead atoms. The molecule has 1 aliphatic carbocycles. The maximum absolute atomic E-state index is 13.2. The predicted octanol–water partition coefficient (Wildman–Crippen LogP) is 4.32. The molecule has 0 aliphatic heterocycles. The van der Waals surface area contributed by atoms with Crippen LogP contribution in [-0.4, -0.2) is 6.17 Å². The van der Waals surface area contributed by atoms with Gasteiger partial charge in [0, 0.05) is 5.02 Å². The Morgan fingerprint density at radius 2 is 2.06 bits per heavy atom. The van der Waals surface area contributed by atoms with Crippen molar-refractivity contribution in [1.82, 2.24) is 0 Å². The van der Waals surface area contributed by atoms with Gasteiger partial charge < -0.3 is 0 Å². The number of benzene rings is 1. The van der Waals surface area contributed by atoms with Gasteiger partial charge in [-0.1, -0.05) is 23.7 Å². The molecule has 0 unspecified atom stereocenters. The lowest BCUT2D eigenvalue weighted by atomic mass is 9.70. The van der Waals surface area contributed by atoms with Crippen LogP contribution in [0.1, 0.15) is 36.8 Å². The normalized spacial score (nSPS) is 28.7. The molecule has 1 aliphatic rings. The first-order valence-electron chi connectivity index (χ1n) is 5.89. The van der Waals surface area contributed by atoms with E-state index in [0.29, 0.717) is 30.7 Å². The summed E-state index contributed by atoms with van der Waals surface area (Å²) >= 11 is 6.10. The van der Waals surface area contributed by atoms with Gasteiger partial charge in [0.05, 0.1) is 11.5 Å². The smallest absolute Gasteiger partial charge is 0.100 e. The fourth-order valence-corrected chi connectivity index (χ4v) is 2.61. The molecule has 1 aromatic carbocycles. The van der Waals surface area contributed by atoms with Gasteiger partial charge in [-0.2, -0.15) is 5.26 Å². The van der Waals surface area contributed by atoms with E-state index in [4.69, 9.17) is 11.6 Å². The van der Waals surface area contributed by atoms with Crippen molar-refractivity contribution in [3.8, 4) is 6.07 Å². The summed E-state index contributed by atoms with van der Waals surface area (Å²) < 4.78 is 13.2. The summed E-state index contributed by atoms with van der Waals surface area (Å²) in [4.78, 5) is 0. The largest absolute Gasteiger partial charge is 0.247 e. The van der Waals surface area contributed by atoms with Gasteiger partial charge in [0.15, 0.2) is 0 Å². The molecule has 0 aromatic heterocycles. The summed E-state index contributed by atoms with van der Waals surface area (Å²) in [5, 5.41) is 10.1. The predicted molar refractivity (Wildman–Crippen MR) is 66.8 cm³/mol. The van der Waals surface area contributed by atoms with Gasteiger partial charge in [0.1, 0.15) is 6.17 Å². The Morgan fingerprint density at radius 1 is 1.41 bits per heavy atom. The van der Waals surface area contributed by atoms with E-state index in [9.17, 15) is 9.65 Å². The average molecular weight is 252 g/mol. The zero-order valence-electron chi connectivity index (χ0n) is 9.84. The maximum Gasteiger partial charge on any atom is 0.100 e. The minimum atomic E-state index is -0.752. The number of halogens is 2. The number of alkyl halides is 1. The number of hydrogen-bond donors (Lipinski definition) is 0. The quantitative estimate of drug-likeness (QED) is 0.729. The molecule has 3 heteroatoms. The molecule has 2 rings (SSSR count). The minimum Gasteiger partial charge on any atom is -0.247 e. The number of rotatable bonds is 1. The molecule has 1 aromatic rings. The van der Waals surface area contributed by atoms with Crippen molar-refractivity contribution in [1.29, 1.82) is 5.26 Å². The van der Waals surface area contributed by atoms with Crippen molar-refractivity contribution in [3.63, 3.8) is 0 Å². The van der Waals surface area contributed by atoms with Crippen LogP contribution >= 0.6 is 11.6 Å².